The summed E-state index contributed by atoms with van der Waals surface area (Å²) < 4.78 is 39.3. The average molecular weight is 447 g/mol. The van der Waals surface area contributed by atoms with E-state index in [9.17, 15) is 13.2 Å². The van der Waals surface area contributed by atoms with E-state index in [1.54, 1.807) is 0 Å². The highest BCUT2D eigenvalue weighted by molar-refractivity contribution is 14.1. The van der Waals surface area contributed by atoms with Crippen molar-refractivity contribution in [1.29, 1.82) is 0 Å². The van der Waals surface area contributed by atoms with E-state index in [-0.39, 0.29) is 0 Å². The summed E-state index contributed by atoms with van der Waals surface area (Å²) in [5, 5.41) is 9.20. The number of hydrogen-bond donors (Lipinski definition) is 0. The van der Waals surface area contributed by atoms with Crippen molar-refractivity contribution in [3.63, 3.8) is 0 Å². The first kappa shape index (κ1) is 16.3. The van der Waals surface area contributed by atoms with Gasteiger partial charge in [0.15, 0.2) is 0 Å². The van der Waals surface area contributed by atoms with Gasteiger partial charge in [0.2, 0.25) is 0 Å². The molecule has 0 aliphatic heterocycles. The lowest BCUT2D eigenvalue weighted by atomic mass is 10.2. The van der Waals surface area contributed by atoms with Crippen LogP contribution in [-0.4, -0.2) is 15.2 Å². The molecule has 0 spiro atoms. The van der Waals surface area contributed by atoms with Crippen molar-refractivity contribution in [2.24, 2.45) is 0 Å². The molecule has 0 amide bonds. The Balaban J connectivity index is 1.97. The standard InChI is InChI=1S/C15H9F3IN3S/c1-8-2-3-9(6-11(8)19)13-21-22-14(23-13)10-4-5-20-12(7-10)15(16,17)18/h2-7H,1H3. The lowest BCUT2D eigenvalue weighted by molar-refractivity contribution is -0.141. The van der Waals surface area contributed by atoms with Crippen molar-refractivity contribution in [3.8, 4) is 21.1 Å². The summed E-state index contributed by atoms with van der Waals surface area (Å²) in [4.78, 5) is 3.35. The zero-order valence-electron chi connectivity index (χ0n) is 11.7. The minimum atomic E-state index is -4.48. The molecule has 0 unspecified atom stereocenters. The van der Waals surface area contributed by atoms with Crippen LogP contribution in [0.2, 0.25) is 0 Å². The van der Waals surface area contributed by atoms with Gasteiger partial charge in [-0.05, 0) is 53.3 Å². The number of aryl methyl sites for hydroxylation is 1. The van der Waals surface area contributed by atoms with E-state index in [0.29, 0.717) is 15.6 Å². The molecule has 2 aromatic heterocycles. The number of hydrogen-bond acceptors (Lipinski definition) is 4. The SMILES string of the molecule is Cc1ccc(-c2nnc(-c3ccnc(C(F)(F)F)c3)s2)cc1I. The van der Waals surface area contributed by atoms with Gasteiger partial charge in [0.1, 0.15) is 15.7 Å². The molecule has 3 aromatic rings. The van der Waals surface area contributed by atoms with Crippen LogP contribution in [0.1, 0.15) is 11.3 Å². The molecule has 3 nitrogen and oxygen atoms in total. The van der Waals surface area contributed by atoms with Gasteiger partial charge in [-0.15, -0.1) is 10.2 Å². The summed E-state index contributed by atoms with van der Waals surface area (Å²) in [6.07, 6.45) is -3.34. The molecular formula is C15H9F3IN3S. The molecule has 0 atom stereocenters. The van der Waals surface area contributed by atoms with E-state index in [2.05, 4.69) is 37.8 Å². The van der Waals surface area contributed by atoms with E-state index in [1.807, 2.05) is 25.1 Å². The fraction of sp³-hybridized carbons (Fsp3) is 0.133. The van der Waals surface area contributed by atoms with Gasteiger partial charge in [-0.2, -0.15) is 13.2 Å². The molecule has 0 saturated carbocycles. The second-order valence-electron chi connectivity index (χ2n) is 4.80. The van der Waals surface area contributed by atoms with E-state index < -0.39 is 11.9 Å². The van der Waals surface area contributed by atoms with Crippen LogP contribution in [0.4, 0.5) is 13.2 Å². The van der Waals surface area contributed by atoms with Gasteiger partial charge >= 0.3 is 6.18 Å². The molecule has 0 aliphatic carbocycles. The third-order valence-corrected chi connectivity index (χ3v) is 5.32. The van der Waals surface area contributed by atoms with Gasteiger partial charge in [-0.3, -0.25) is 4.98 Å². The lowest BCUT2D eigenvalue weighted by Gasteiger charge is -2.05. The van der Waals surface area contributed by atoms with Crippen molar-refractivity contribution in [2.45, 2.75) is 13.1 Å². The average Bonchev–Trinajstić information content (AvgIpc) is 2.99. The van der Waals surface area contributed by atoms with Crippen LogP contribution in [-0.2, 0) is 6.18 Å². The van der Waals surface area contributed by atoms with Crippen molar-refractivity contribution in [2.75, 3.05) is 0 Å². The molecule has 0 N–H and O–H groups in total. The van der Waals surface area contributed by atoms with Crippen LogP contribution in [0.15, 0.2) is 36.5 Å². The first-order valence-corrected chi connectivity index (χ1v) is 8.38. The number of aromatic nitrogens is 3. The smallest absolute Gasteiger partial charge is 0.252 e. The third kappa shape index (κ3) is 3.52. The largest absolute Gasteiger partial charge is 0.433 e. The van der Waals surface area contributed by atoms with Gasteiger partial charge < -0.3 is 0 Å². The van der Waals surface area contributed by atoms with Crippen LogP contribution < -0.4 is 0 Å². The van der Waals surface area contributed by atoms with E-state index >= 15 is 0 Å². The Kier molecular flexibility index (Phi) is 4.37. The monoisotopic (exact) mass is 447 g/mol. The Hall–Kier alpha value is -1.55. The minimum absolute atomic E-state index is 0.359. The number of alkyl halides is 3. The van der Waals surface area contributed by atoms with Crippen molar-refractivity contribution < 1.29 is 13.2 Å². The highest BCUT2D eigenvalue weighted by atomic mass is 127. The molecule has 0 saturated heterocycles. The molecule has 0 bridgehead atoms. The Labute approximate surface area is 147 Å². The Morgan fingerprint density at radius 3 is 2.26 bits per heavy atom. The summed E-state index contributed by atoms with van der Waals surface area (Å²) in [6, 6.07) is 8.37. The number of halogens is 4. The highest BCUT2D eigenvalue weighted by Crippen LogP contribution is 2.34. The molecule has 118 valence electrons. The number of rotatable bonds is 2. The number of pyridine rings is 1. The lowest BCUT2D eigenvalue weighted by Crippen LogP contribution is -2.07. The first-order valence-electron chi connectivity index (χ1n) is 6.48. The normalized spacial score (nSPS) is 11.7. The van der Waals surface area contributed by atoms with Crippen molar-refractivity contribution >= 4 is 33.9 Å². The maximum absolute atomic E-state index is 12.7. The molecule has 0 radical (unpaired) electrons. The van der Waals surface area contributed by atoms with Gasteiger partial charge in [-0.25, -0.2) is 0 Å². The summed E-state index contributed by atoms with van der Waals surface area (Å²) in [5.41, 5.74) is 1.48. The van der Waals surface area contributed by atoms with Gasteiger partial charge in [-0.1, -0.05) is 23.5 Å². The fourth-order valence-corrected chi connectivity index (χ4v) is 3.25. The summed E-state index contributed by atoms with van der Waals surface area (Å²) in [7, 11) is 0. The van der Waals surface area contributed by atoms with Gasteiger partial charge in [0.25, 0.3) is 0 Å². The summed E-state index contributed by atoms with van der Waals surface area (Å²) in [5.74, 6) is 0. The highest BCUT2D eigenvalue weighted by Gasteiger charge is 2.32. The Bertz CT molecular complexity index is 861. The number of nitrogens with zero attached hydrogens (tertiary/aromatic N) is 3. The van der Waals surface area contributed by atoms with Crippen LogP contribution in [0.25, 0.3) is 21.1 Å². The molecule has 2 heterocycles. The van der Waals surface area contributed by atoms with E-state index in [1.165, 1.54) is 17.4 Å². The predicted octanol–water partition coefficient (Wildman–Crippen LogP) is 5.20. The molecule has 23 heavy (non-hydrogen) atoms. The second-order valence-corrected chi connectivity index (χ2v) is 6.94. The molecule has 0 aliphatic rings. The second kappa shape index (κ2) is 6.16. The maximum Gasteiger partial charge on any atom is 0.433 e. The van der Waals surface area contributed by atoms with Crippen LogP contribution >= 0.6 is 33.9 Å². The Morgan fingerprint density at radius 1 is 1.00 bits per heavy atom. The zero-order valence-corrected chi connectivity index (χ0v) is 14.7. The molecular weight excluding hydrogens is 438 g/mol. The predicted molar refractivity (Wildman–Crippen MR) is 91.0 cm³/mol. The minimum Gasteiger partial charge on any atom is -0.252 e. The van der Waals surface area contributed by atoms with Crippen LogP contribution in [0, 0.1) is 10.5 Å². The van der Waals surface area contributed by atoms with E-state index in [4.69, 9.17) is 0 Å². The third-order valence-electron chi connectivity index (χ3n) is 3.14. The zero-order chi connectivity index (χ0) is 16.6. The Morgan fingerprint density at radius 2 is 1.65 bits per heavy atom. The first-order chi connectivity index (χ1) is 10.8. The summed E-state index contributed by atoms with van der Waals surface area (Å²) >= 11 is 3.48. The topological polar surface area (TPSA) is 38.7 Å². The van der Waals surface area contributed by atoms with E-state index in [0.717, 1.165) is 27.0 Å². The molecule has 8 heteroatoms. The molecule has 3 rings (SSSR count). The molecule has 1 aromatic carbocycles. The van der Waals surface area contributed by atoms with Gasteiger partial charge in [0, 0.05) is 20.9 Å². The summed E-state index contributed by atoms with van der Waals surface area (Å²) in [6.45, 7) is 2.01. The number of benzene rings is 1. The van der Waals surface area contributed by atoms with Crippen LogP contribution in [0.5, 0.6) is 0 Å². The van der Waals surface area contributed by atoms with Crippen LogP contribution in [0.3, 0.4) is 0 Å². The molecule has 0 fully saturated rings. The van der Waals surface area contributed by atoms with Gasteiger partial charge in [0.05, 0.1) is 0 Å². The maximum atomic E-state index is 12.7. The fourth-order valence-electron chi connectivity index (χ4n) is 1.90. The van der Waals surface area contributed by atoms with Crippen molar-refractivity contribution in [3.05, 3.63) is 51.4 Å². The van der Waals surface area contributed by atoms with Crippen molar-refractivity contribution in [1.82, 2.24) is 15.2 Å². The quantitative estimate of drug-likeness (QED) is 0.507.